The first-order chi connectivity index (χ1) is 30.9. The van der Waals surface area contributed by atoms with E-state index >= 15 is 0 Å². The summed E-state index contributed by atoms with van der Waals surface area (Å²) in [5.41, 5.74) is -0.603. The Morgan fingerprint density at radius 2 is 1.45 bits per heavy atom. The third-order valence-corrected chi connectivity index (χ3v) is 14.5. The molecule has 66 heavy (non-hydrogen) atoms. The molecule has 3 aliphatic heterocycles. The van der Waals surface area contributed by atoms with E-state index in [0.29, 0.717) is 39.0 Å². The van der Waals surface area contributed by atoms with Gasteiger partial charge in [0.2, 0.25) is 11.5 Å². The summed E-state index contributed by atoms with van der Waals surface area (Å²) >= 11 is 0. The molecule has 2 amide bonds. The summed E-state index contributed by atoms with van der Waals surface area (Å²) in [7, 11) is -11.5. The molecule has 2 aromatic rings. The Morgan fingerprint density at radius 3 is 2.05 bits per heavy atom. The fraction of sp³-hybridized carbons (Fsp3) is 0.452. The molecule has 358 valence electrons. The van der Waals surface area contributed by atoms with Gasteiger partial charge in [-0.15, -0.1) is 5.06 Å². The molecule has 0 bridgehead atoms. The van der Waals surface area contributed by atoms with Gasteiger partial charge in [0.05, 0.1) is 51.7 Å². The molecule has 2 N–H and O–H groups in total. The molecule has 2 atom stereocenters. The summed E-state index contributed by atoms with van der Waals surface area (Å²) < 4.78 is 124. The number of benzene rings is 2. The van der Waals surface area contributed by atoms with Crippen molar-refractivity contribution in [2.75, 3.05) is 64.4 Å². The first kappa shape index (κ1) is 50.2. The number of ether oxygens (including phenoxy) is 3. The number of hydroxylamine groups is 2. The average Bonchev–Trinajstić information content (AvgIpc) is 3.77. The topological polar surface area (TPSA) is 304 Å². The zero-order valence-electron chi connectivity index (χ0n) is 36.3. The molecular formula is C42H48N3O18S3-. The number of hydrogen-bond acceptors (Lipinski definition) is 18. The van der Waals surface area contributed by atoms with Crippen LogP contribution in [0.15, 0.2) is 80.9 Å². The van der Waals surface area contributed by atoms with Gasteiger partial charge >= 0.3 is 5.97 Å². The molecule has 1 fully saturated rings. The number of nitrogens with zero attached hydrogens (tertiary/aromatic N) is 3. The van der Waals surface area contributed by atoms with Crippen molar-refractivity contribution in [2.45, 2.75) is 73.0 Å². The number of Topliss-reactive ketones (excluding diaryl/α,β-unsaturated/α-hetero) is 1. The number of fused-ring (bicyclic) bond motifs is 2. The second kappa shape index (κ2) is 19.2. The molecular weight excluding hydrogens is 931 g/mol. The minimum atomic E-state index is -4.96. The van der Waals surface area contributed by atoms with Crippen LogP contribution in [0.1, 0.15) is 63.5 Å². The number of imide groups is 1. The Bertz CT molecular complexity index is 2820. The molecule has 2 aromatic carbocycles. The summed E-state index contributed by atoms with van der Waals surface area (Å²) in [5, 5.41) is 12.2. The minimum Gasteiger partial charge on any atom is -0.744 e. The molecule has 1 saturated heterocycles. The standard InChI is InChI=1S/C42H49N3O18S3/c1-41(13-5-21-64(51,52)53)30-22-26(65(54,55)56)6-8-32(30)43(15-19-61-4)34(41)24-28-39(49)29(40(28)50)25-35-42(2,14-18-60-3)31-23-27(66(57,58)59)7-9-33(31)44(35)16-20-62-17-12-38(48)63-45-36(46)10-11-37(45)47/h6-9,22-25H,5,10-21H2,1-4H3,(H3-,49,50,51,52,53,54,55,56,57,58,59)/p-1. The van der Waals surface area contributed by atoms with Crippen LogP contribution in [0.4, 0.5) is 11.4 Å². The number of methoxy groups -OCH3 is 2. The number of rotatable bonds is 21. The van der Waals surface area contributed by atoms with Crippen molar-refractivity contribution in [3.63, 3.8) is 0 Å². The van der Waals surface area contributed by atoms with Crippen molar-refractivity contribution >= 4 is 71.0 Å². The van der Waals surface area contributed by atoms with Crippen LogP contribution in [0, 0.1) is 0 Å². The van der Waals surface area contributed by atoms with E-state index in [4.69, 9.17) is 19.0 Å². The maximum absolute atomic E-state index is 14.3. The van der Waals surface area contributed by atoms with Gasteiger partial charge in [-0.2, -0.15) is 13.0 Å². The van der Waals surface area contributed by atoms with Gasteiger partial charge in [0.15, 0.2) is 12.3 Å². The lowest BCUT2D eigenvalue weighted by Crippen LogP contribution is -2.35. The van der Waals surface area contributed by atoms with E-state index in [1.54, 1.807) is 23.3 Å². The number of hydrogen-bond donors (Lipinski definition) is 2. The second-order valence-electron chi connectivity index (χ2n) is 16.3. The van der Waals surface area contributed by atoms with Crippen molar-refractivity contribution in [3.05, 3.63) is 82.3 Å². The first-order valence-electron chi connectivity index (χ1n) is 20.5. The normalized spacial score (nSPS) is 22.3. The van der Waals surface area contributed by atoms with Crippen LogP contribution in [0.25, 0.3) is 0 Å². The van der Waals surface area contributed by atoms with Gasteiger partial charge in [0.25, 0.3) is 21.9 Å². The molecule has 3 heterocycles. The third-order valence-electron chi connectivity index (χ3n) is 12.1. The van der Waals surface area contributed by atoms with E-state index in [0.717, 1.165) is 12.1 Å². The largest absolute Gasteiger partial charge is 0.744 e. The van der Waals surface area contributed by atoms with Gasteiger partial charge in [-0.05, 0) is 75.1 Å². The molecule has 4 aliphatic rings. The molecule has 0 saturated carbocycles. The summed E-state index contributed by atoms with van der Waals surface area (Å²) in [5.74, 6) is -3.97. The van der Waals surface area contributed by atoms with E-state index in [2.05, 4.69) is 0 Å². The molecule has 0 spiro atoms. The zero-order valence-corrected chi connectivity index (χ0v) is 38.8. The van der Waals surface area contributed by atoms with Crippen LogP contribution in [0.2, 0.25) is 0 Å². The van der Waals surface area contributed by atoms with Gasteiger partial charge in [0.1, 0.15) is 32.6 Å². The quantitative estimate of drug-likeness (QED) is 0.0595. The van der Waals surface area contributed by atoms with Crippen LogP contribution >= 0.6 is 0 Å². The Hall–Kier alpha value is -5.18. The van der Waals surface area contributed by atoms with Gasteiger partial charge in [-0.1, -0.05) is 0 Å². The first-order valence-corrected chi connectivity index (χ1v) is 24.9. The Kier molecular flexibility index (Phi) is 14.6. The highest BCUT2D eigenvalue weighted by atomic mass is 32.2. The summed E-state index contributed by atoms with van der Waals surface area (Å²) in [4.78, 5) is 55.9. The number of amides is 2. The van der Waals surface area contributed by atoms with Crippen LogP contribution in [0.3, 0.4) is 0 Å². The molecule has 1 aliphatic carbocycles. The predicted molar refractivity (Wildman–Crippen MR) is 228 cm³/mol. The highest BCUT2D eigenvalue weighted by Gasteiger charge is 2.50. The minimum absolute atomic E-state index is 0.0155. The Morgan fingerprint density at radius 1 is 0.833 bits per heavy atom. The maximum Gasteiger partial charge on any atom is 0.335 e. The number of aliphatic hydroxyl groups is 1. The molecule has 0 radical (unpaired) electrons. The van der Waals surface area contributed by atoms with Crippen molar-refractivity contribution in [1.82, 2.24) is 5.06 Å². The van der Waals surface area contributed by atoms with Crippen molar-refractivity contribution in [1.29, 1.82) is 0 Å². The number of aliphatic hydroxyl groups excluding tert-OH is 1. The Labute approximate surface area is 381 Å². The van der Waals surface area contributed by atoms with E-state index in [1.165, 1.54) is 50.6 Å². The lowest BCUT2D eigenvalue weighted by molar-refractivity contribution is -0.441. The van der Waals surface area contributed by atoms with E-state index in [-0.39, 0.29) is 89.2 Å². The Balaban J connectivity index is 1.39. The summed E-state index contributed by atoms with van der Waals surface area (Å²) in [6, 6.07) is 7.49. The fourth-order valence-electron chi connectivity index (χ4n) is 8.61. The molecule has 21 nitrogen and oxygen atoms in total. The monoisotopic (exact) mass is 978 g/mol. The van der Waals surface area contributed by atoms with Gasteiger partial charge in [-0.3, -0.25) is 18.9 Å². The summed E-state index contributed by atoms with van der Waals surface area (Å²) in [6.45, 7) is 3.47. The van der Waals surface area contributed by atoms with E-state index in [1.807, 2.05) is 0 Å². The number of allylic oxidation sites excluding steroid dienone is 5. The third kappa shape index (κ3) is 10.2. The fourth-order valence-corrected chi connectivity index (χ4v) is 10.1. The maximum atomic E-state index is 14.3. The van der Waals surface area contributed by atoms with E-state index in [9.17, 15) is 63.2 Å². The zero-order chi connectivity index (χ0) is 48.6. The number of ketones is 1. The molecule has 24 heteroatoms. The SMILES string of the molecule is COCC[N+]1=C(/C=C2\C(=O)C(/C=C3/N(CCOCCC(=O)ON4C(=O)CCC4=O)c4ccc(S(=O)(=O)[O-])cc4C3(C)CCOC)=C2O)C(C)(CCCS(=O)(=O)O)c2cc(S(=O)(=O)[O-])ccc21. The number of carbonyl (C=O) groups is 4. The lowest BCUT2D eigenvalue weighted by Gasteiger charge is -2.32. The highest BCUT2D eigenvalue weighted by Crippen LogP contribution is 2.52. The van der Waals surface area contributed by atoms with E-state index < -0.39 is 86.1 Å². The predicted octanol–water partition coefficient (Wildman–Crippen LogP) is 2.20. The highest BCUT2D eigenvalue weighted by molar-refractivity contribution is 7.86. The number of carbonyl (C=O) groups excluding carboxylic acids is 4. The molecule has 2 unspecified atom stereocenters. The van der Waals surface area contributed by atoms with Crippen LogP contribution in [-0.2, 0) is 79.4 Å². The van der Waals surface area contributed by atoms with Crippen molar-refractivity contribution in [3.8, 4) is 0 Å². The van der Waals surface area contributed by atoms with Crippen molar-refractivity contribution < 1.29 is 86.8 Å². The average molecular weight is 979 g/mol. The molecule has 6 rings (SSSR count). The van der Waals surface area contributed by atoms with Gasteiger partial charge in [0, 0.05) is 74.7 Å². The number of anilines is 1. The van der Waals surface area contributed by atoms with Crippen LogP contribution in [-0.4, -0.2) is 142 Å². The second-order valence-corrected chi connectivity index (χ2v) is 20.7. The molecule has 0 aromatic heterocycles. The van der Waals surface area contributed by atoms with Crippen molar-refractivity contribution in [2.24, 2.45) is 0 Å². The smallest absolute Gasteiger partial charge is 0.335 e. The summed E-state index contributed by atoms with van der Waals surface area (Å²) in [6.07, 6.45) is 2.33. The van der Waals surface area contributed by atoms with Crippen LogP contribution in [0.5, 0.6) is 0 Å². The lowest BCUT2D eigenvalue weighted by atomic mass is 9.73. The van der Waals surface area contributed by atoms with Gasteiger partial charge in [-0.25, -0.2) is 21.6 Å². The van der Waals surface area contributed by atoms with Crippen LogP contribution < -0.4 is 4.90 Å². The van der Waals surface area contributed by atoms with Gasteiger partial charge < -0.3 is 38.2 Å².